The maximum Gasteiger partial charge on any atom is 0.251 e. The maximum absolute atomic E-state index is 12.2. The number of anilines is 1. The highest BCUT2D eigenvalue weighted by Gasteiger charge is 2.45. The lowest BCUT2D eigenvalue weighted by atomic mass is 9.92. The minimum Gasteiger partial charge on any atom is -0.384 e. The van der Waals surface area contributed by atoms with Gasteiger partial charge in [-0.05, 0) is 42.7 Å². The molecule has 1 saturated carbocycles. The van der Waals surface area contributed by atoms with Crippen LogP contribution in [0.5, 0.6) is 0 Å². The SMILES string of the molecule is CCc1cc(C(=O)NCC2(C(C)C)CC2)cc(N)n1. The molecule has 0 spiro atoms. The second-order valence-corrected chi connectivity index (χ2v) is 5.83. The Labute approximate surface area is 114 Å². The molecule has 0 bridgehead atoms. The van der Waals surface area contributed by atoms with Gasteiger partial charge in [-0.1, -0.05) is 20.8 Å². The fourth-order valence-electron chi connectivity index (χ4n) is 2.40. The first-order chi connectivity index (χ1) is 8.97. The van der Waals surface area contributed by atoms with Crippen molar-refractivity contribution in [3.8, 4) is 0 Å². The zero-order valence-corrected chi connectivity index (χ0v) is 12.0. The summed E-state index contributed by atoms with van der Waals surface area (Å²) in [5.41, 5.74) is 7.52. The number of aryl methyl sites for hydroxylation is 1. The van der Waals surface area contributed by atoms with Crippen molar-refractivity contribution in [3.63, 3.8) is 0 Å². The quantitative estimate of drug-likeness (QED) is 0.855. The van der Waals surface area contributed by atoms with Crippen LogP contribution >= 0.6 is 0 Å². The van der Waals surface area contributed by atoms with Crippen molar-refractivity contribution in [1.82, 2.24) is 10.3 Å². The van der Waals surface area contributed by atoms with Crippen molar-refractivity contribution in [2.24, 2.45) is 11.3 Å². The minimum atomic E-state index is -0.0456. The normalized spacial score (nSPS) is 16.4. The van der Waals surface area contributed by atoms with E-state index in [4.69, 9.17) is 5.73 Å². The standard InChI is InChI=1S/C15H23N3O/c1-4-12-7-11(8-13(16)18-12)14(19)17-9-15(5-6-15)10(2)3/h7-8,10H,4-6,9H2,1-3H3,(H2,16,18)(H,17,19). The molecule has 0 unspecified atom stereocenters. The molecular formula is C15H23N3O. The number of carbonyl (C=O) groups excluding carboxylic acids is 1. The summed E-state index contributed by atoms with van der Waals surface area (Å²) in [7, 11) is 0. The first kappa shape index (κ1) is 13.8. The Balaban J connectivity index is 2.02. The molecule has 1 aliphatic carbocycles. The highest BCUT2D eigenvalue weighted by atomic mass is 16.1. The molecule has 4 heteroatoms. The van der Waals surface area contributed by atoms with E-state index in [-0.39, 0.29) is 5.91 Å². The number of hydrogen-bond acceptors (Lipinski definition) is 3. The van der Waals surface area contributed by atoms with Crippen molar-refractivity contribution in [1.29, 1.82) is 0 Å². The Hall–Kier alpha value is -1.58. The first-order valence-electron chi connectivity index (χ1n) is 7.01. The average Bonchev–Trinajstić information content (AvgIpc) is 3.16. The third-order valence-electron chi connectivity index (χ3n) is 4.24. The second kappa shape index (κ2) is 5.19. The average molecular weight is 261 g/mol. The van der Waals surface area contributed by atoms with E-state index in [1.165, 1.54) is 12.8 Å². The summed E-state index contributed by atoms with van der Waals surface area (Å²) >= 11 is 0. The van der Waals surface area contributed by atoms with Crippen LogP contribution in [0.1, 0.15) is 49.7 Å². The topological polar surface area (TPSA) is 68.0 Å². The van der Waals surface area contributed by atoms with Crippen LogP contribution in [0.3, 0.4) is 0 Å². The van der Waals surface area contributed by atoms with Crippen LogP contribution in [-0.2, 0) is 6.42 Å². The Morgan fingerprint density at radius 1 is 1.47 bits per heavy atom. The van der Waals surface area contributed by atoms with Gasteiger partial charge in [0.15, 0.2) is 0 Å². The monoisotopic (exact) mass is 261 g/mol. The van der Waals surface area contributed by atoms with Gasteiger partial charge in [-0.25, -0.2) is 4.98 Å². The van der Waals surface area contributed by atoms with Crippen LogP contribution in [0.15, 0.2) is 12.1 Å². The lowest BCUT2D eigenvalue weighted by Crippen LogP contribution is -2.32. The number of rotatable bonds is 5. The smallest absolute Gasteiger partial charge is 0.251 e. The lowest BCUT2D eigenvalue weighted by Gasteiger charge is -2.20. The Kier molecular flexibility index (Phi) is 3.78. The third-order valence-corrected chi connectivity index (χ3v) is 4.24. The molecule has 0 atom stereocenters. The number of nitrogen functional groups attached to an aromatic ring is 1. The molecule has 1 fully saturated rings. The molecular weight excluding hydrogens is 238 g/mol. The molecule has 1 heterocycles. The summed E-state index contributed by atoms with van der Waals surface area (Å²) in [4.78, 5) is 16.3. The molecule has 0 aromatic carbocycles. The predicted octanol–water partition coefficient (Wildman–Crippen LogP) is 2.39. The Morgan fingerprint density at radius 2 is 2.16 bits per heavy atom. The van der Waals surface area contributed by atoms with E-state index in [0.29, 0.717) is 22.7 Å². The molecule has 1 aromatic heterocycles. The van der Waals surface area contributed by atoms with Crippen LogP contribution in [-0.4, -0.2) is 17.4 Å². The molecule has 2 rings (SSSR count). The number of amides is 1. The molecule has 4 nitrogen and oxygen atoms in total. The van der Waals surface area contributed by atoms with Gasteiger partial charge in [-0.15, -0.1) is 0 Å². The van der Waals surface area contributed by atoms with Gasteiger partial charge in [-0.2, -0.15) is 0 Å². The van der Waals surface area contributed by atoms with E-state index in [2.05, 4.69) is 24.1 Å². The van der Waals surface area contributed by atoms with Crippen LogP contribution in [0, 0.1) is 11.3 Å². The number of nitrogens with one attached hydrogen (secondary N) is 1. The van der Waals surface area contributed by atoms with Gasteiger partial charge < -0.3 is 11.1 Å². The summed E-state index contributed by atoms with van der Waals surface area (Å²) in [5.74, 6) is 0.978. The molecule has 3 N–H and O–H groups in total. The van der Waals surface area contributed by atoms with E-state index in [9.17, 15) is 4.79 Å². The van der Waals surface area contributed by atoms with E-state index in [0.717, 1.165) is 18.7 Å². The van der Waals surface area contributed by atoms with Gasteiger partial charge in [0.05, 0.1) is 0 Å². The number of pyridine rings is 1. The predicted molar refractivity (Wildman–Crippen MR) is 76.9 cm³/mol. The fourth-order valence-corrected chi connectivity index (χ4v) is 2.40. The summed E-state index contributed by atoms with van der Waals surface area (Å²) in [5, 5.41) is 3.04. The molecule has 0 radical (unpaired) electrons. The van der Waals surface area contributed by atoms with E-state index >= 15 is 0 Å². The lowest BCUT2D eigenvalue weighted by molar-refractivity contribution is 0.0939. The van der Waals surface area contributed by atoms with Crippen LogP contribution in [0.2, 0.25) is 0 Å². The van der Waals surface area contributed by atoms with Crippen molar-refractivity contribution < 1.29 is 4.79 Å². The van der Waals surface area contributed by atoms with E-state index < -0.39 is 0 Å². The largest absolute Gasteiger partial charge is 0.384 e. The van der Waals surface area contributed by atoms with Crippen molar-refractivity contribution >= 4 is 11.7 Å². The van der Waals surface area contributed by atoms with Gasteiger partial charge >= 0.3 is 0 Å². The second-order valence-electron chi connectivity index (χ2n) is 5.83. The fraction of sp³-hybridized carbons (Fsp3) is 0.600. The van der Waals surface area contributed by atoms with Gasteiger partial charge in [-0.3, -0.25) is 4.79 Å². The zero-order chi connectivity index (χ0) is 14.0. The number of aromatic nitrogens is 1. The maximum atomic E-state index is 12.2. The van der Waals surface area contributed by atoms with Crippen molar-refractivity contribution in [2.45, 2.75) is 40.0 Å². The molecule has 1 aromatic rings. The number of nitrogens with two attached hydrogens (primary N) is 1. The third kappa shape index (κ3) is 3.06. The highest BCUT2D eigenvalue weighted by Crippen LogP contribution is 2.51. The Bertz CT molecular complexity index is 478. The van der Waals surface area contributed by atoms with E-state index in [1.54, 1.807) is 6.07 Å². The van der Waals surface area contributed by atoms with E-state index in [1.807, 2.05) is 13.0 Å². The molecule has 1 amide bonds. The summed E-state index contributed by atoms with van der Waals surface area (Å²) < 4.78 is 0. The van der Waals surface area contributed by atoms with Crippen molar-refractivity contribution in [2.75, 3.05) is 12.3 Å². The van der Waals surface area contributed by atoms with Crippen molar-refractivity contribution in [3.05, 3.63) is 23.4 Å². The van der Waals surface area contributed by atoms with Gasteiger partial charge in [0.2, 0.25) is 0 Å². The zero-order valence-electron chi connectivity index (χ0n) is 12.0. The summed E-state index contributed by atoms with van der Waals surface area (Å²) in [6.07, 6.45) is 3.20. The van der Waals surface area contributed by atoms with Crippen LogP contribution in [0.4, 0.5) is 5.82 Å². The molecule has 0 saturated heterocycles. The number of hydrogen-bond donors (Lipinski definition) is 2. The van der Waals surface area contributed by atoms with Gasteiger partial charge in [0.1, 0.15) is 5.82 Å². The van der Waals surface area contributed by atoms with Gasteiger partial charge in [0, 0.05) is 17.8 Å². The number of nitrogens with zero attached hydrogens (tertiary/aromatic N) is 1. The molecule has 0 aliphatic heterocycles. The van der Waals surface area contributed by atoms with Crippen LogP contribution in [0.25, 0.3) is 0 Å². The van der Waals surface area contributed by atoms with Gasteiger partial charge in [0.25, 0.3) is 5.91 Å². The first-order valence-corrected chi connectivity index (χ1v) is 7.01. The summed E-state index contributed by atoms with van der Waals surface area (Å²) in [6.45, 7) is 7.20. The minimum absolute atomic E-state index is 0.0456. The molecule has 104 valence electrons. The number of carbonyl (C=O) groups is 1. The Morgan fingerprint density at radius 3 is 2.68 bits per heavy atom. The highest BCUT2D eigenvalue weighted by molar-refractivity contribution is 5.94. The summed E-state index contributed by atoms with van der Waals surface area (Å²) in [6, 6.07) is 3.46. The molecule has 19 heavy (non-hydrogen) atoms. The van der Waals surface area contributed by atoms with Crippen LogP contribution < -0.4 is 11.1 Å². The molecule has 1 aliphatic rings.